The second-order valence-corrected chi connectivity index (χ2v) is 5.10. The Bertz CT molecular complexity index is 381. The van der Waals surface area contributed by atoms with Crippen molar-refractivity contribution in [2.75, 3.05) is 7.11 Å². The highest BCUT2D eigenvalue weighted by molar-refractivity contribution is 5.75. The molecule has 0 aliphatic rings. The molecule has 0 fully saturated rings. The second kappa shape index (κ2) is 6.55. The van der Waals surface area contributed by atoms with Gasteiger partial charge in [0.2, 0.25) is 0 Å². The van der Waals surface area contributed by atoms with Crippen molar-refractivity contribution < 1.29 is 14.6 Å². The van der Waals surface area contributed by atoms with E-state index in [-0.39, 0.29) is 5.92 Å². The van der Waals surface area contributed by atoms with E-state index in [2.05, 4.69) is 30.7 Å². The molecule has 2 atom stereocenters. The van der Waals surface area contributed by atoms with Gasteiger partial charge in [0.25, 0.3) is 0 Å². The number of esters is 1. The molecule has 0 amide bonds. The summed E-state index contributed by atoms with van der Waals surface area (Å²) in [5.41, 5.74) is 2.22. The van der Waals surface area contributed by atoms with Crippen LogP contribution in [0.2, 0.25) is 0 Å². The first-order valence-corrected chi connectivity index (χ1v) is 6.30. The fourth-order valence-electron chi connectivity index (χ4n) is 1.94. The smallest absolute Gasteiger partial charge is 0.335 e. The lowest BCUT2D eigenvalue weighted by molar-refractivity contribution is -0.151. The van der Waals surface area contributed by atoms with Crippen LogP contribution in [0.25, 0.3) is 0 Å². The van der Waals surface area contributed by atoms with Gasteiger partial charge in [-0.2, -0.15) is 0 Å². The second-order valence-electron chi connectivity index (χ2n) is 5.10. The van der Waals surface area contributed by atoms with Crippen LogP contribution in [-0.4, -0.2) is 24.3 Å². The molecule has 0 radical (unpaired) electrons. The van der Waals surface area contributed by atoms with Gasteiger partial charge in [-0.1, -0.05) is 45.0 Å². The minimum Gasteiger partial charge on any atom is -0.467 e. The Hall–Kier alpha value is -1.35. The maximum atomic E-state index is 11.3. The Balaban J connectivity index is 2.75. The van der Waals surface area contributed by atoms with E-state index < -0.39 is 12.1 Å². The average Bonchev–Trinajstić information content (AvgIpc) is 2.36. The molecule has 3 heteroatoms. The molecule has 0 aliphatic carbocycles. The van der Waals surface area contributed by atoms with Gasteiger partial charge in [-0.25, -0.2) is 4.79 Å². The molecule has 0 spiro atoms. The lowest BCUT2D eigenvalue weighted by Gasteiger charge is -2.17. The predicted octanol–water partition coefficient (Wildman–Crippen LogP) is 2.52. The normalized spacial score (nSPS) is 14.3. The van der Waals surface area contributed by atoms with E-state index in [0.717, 1.165) is 12.0 Å². The number of hydrogen-bond donors (Lipinski definition) is 1. The summed E-state index contributed by atoms with van der Waals surface area (Å²) in [6.45, 7) is 6.17. The van der Waals surface area contributed by atoms with Crippen molar-refractivity contribution in [3.8, 4) is 0 Å². The Morgan fingerprint density at radius 1 is 1.22 bits per heavy atom. The number of benzene rings is 1. The van der Waals surface area contributed by atoms with Crippen LogP contribution < -0.4 is 0 Å². The van der Waals surface area contributed by atoms with Crippen molar-refractivity contribution in [2.24, 2.45) is 5.92 Å². The molecule has 0 saturated carbocycles. The van der Waals surface area contributed by atoms with Crippen molar-refractivity contribution >= 4 is 5.97 Å². The lowest BCUT2D eigenvalue weighted by atomic mass is 9.93. The highest BCUT2D eigenvalue weighted by Crippen LogP contribution is 2.21. The Morgan fingerprint density at radius 2 is 1.78 bits per heavy atom. The Labute approximate surface area is 109 Å². The molecule has 1 aromatic rings. The SMILES string of the molecule is COC(=O)C(O)C(C)c1ccc(CC(C)C)cc1. The molecule has 1 aromatic carbocycles. The number of ether oxygens (including phenoxy) is 1. The van der Waals surface area contributed by atoms with Crippen LogP contribution in [-0.2, 0) is 16.0 Å². The van der Waals surface area contributed by atoms with E-state index in [9.17, 15) is 9.90 Å². The average molecular weight is 250 g/mol. The fraction of sp³-hybridized carbons (Fsp3) is 0.533. The third-order valence-electron chi connectivity index (χ3n) is 3.07. The molecule has 100 valence electrons. The molecule has 0 saturated heterocycles. The number of rotatable bonds is 5. The van der Waals surface area contributed by atoms with Gasteiger partial charge in [-0.05, 0) is 23.5 Å². The van der Waals surface area contributed by atoms with Crippen LogP contribution in [0.15, 0.2) is 24.3 Å². The first kappa shape index (κ1) is 14.7. The monoisotopic (exact) mass is 250 g/mol. The van der Waals surface area contributed by atoms with Gasteiger partial charge in [0.05, 0.1) is 7.11 Å². The lowest BCUT2D eigenvalue weighted by Crippen LogP contribution is -2.27. The van der Waals surface area contributed by atoms with E-state index in [1.807, 2.05) is 19.1 Å². The van der Waals surface area contributed by atoms with Crippen molar-refractivity contribution in [1.82, 2.24) is 0 Å². The van der Waals surface area contributed by atoms with Crippen molar-refractivity contribution in [2.45, 2.75) is 39.2 Å². The van der Waals surface area contributed by atoms with Crippen LogP contribution >= 0.6 is 0 Å². The van der Waals surface area contributed by atoms with Crippen LogP contribution in [0.3, 0.4) is 0 Å². The standard InChI is InChI=1S/C15H22O3/c1-10(2)9-12-5-7-13(8-6-12)11(3)14(16)15(17)18-4/h5-8,10-11,14,16H,9H2,1-4H3. The zero-order valence-corrected chi connectivity index (χ0v) is 11.5. The maximum Gasteiger partial charge on any atom is 0.335 e. The molecule has 0 aromatic heterocycles. The number of carbonyl (C=O) groups excluding carboxylic acids is 1. The summed E-state index contributed by atoms with van der Waals surface area (Å²) in [4.78, 5) is 11.3. The van der Waals surface area contributed by atoms with Gasteiger partial charge in [0.15, 0.2) is 6.10 Å². The van der Waals surface area contributed by atoms with Crippen LogP contribution in [0.5, 0.6) is 0 Å². The van der Waals surface area contributed by atoms with E-state index in [1.165, 1.54) is 12.7 Å². The van der Waals surface area contributed by atoms with Crippen LogP contribution in [0.4, 0.5) is 0 Å². The first-order chi connectivity index (χ1) is 8.45. The Kier molecular flexibility index (Phi) is 5.35. The zero-order valence-electron chi connectivity index (χ0n) is 11.5. The topological polar surface area (TPSA) is 46.5 Å². The third kappa shape index (κ3) is 3.84. The van der Waals surface area contributed by atoms with Gasteiger partial charge in [-0.3, -0.25) is 0 Å². The van der Waals surface area contributed by atoms with Crippen LogP contribution in [0.1, 0.15) is 37.8 Å². The number of aliphatic hydroxyl groups is 1. The molecule has 0 heterocycles. The summed E-state index contributed by atoms with van der Waals surface area (Å²) in [5, 5.41) is 9.78. The van der Waals surface area contributed by atoms with Crippen molar-refractivity contribution in [1.29, 1.82) is 0 Å². The molecule has 18 heavy (non-hydrogen) atoms. The van der Waals surface area contributed by atoms with E-state index in [4.69, 9.17) is 0 Å². The highest BCUT2D eigenvalue weighted by atomic mass is 16.5. The largest absolute Gasteiger partial charge is 0.467 e. The van der Waals surface area contributed by atoms with Gasteiger partial charge >= 0.3 is 5.97 Å². The van der Waals surface area contributed by atoms with E-state index in [0.29, 0.717) is 5.92 Å². The molecule has 0 aliphatic heterocycles. The van der Waals surface area contributed by atoms with Crippen LogP contribution in [0, 0.1) is 5.92 Å². The summed E-state index contributed by atoms with van der Waals surface area (Å²) in [6, 6.07) is 8.04. The predicted molar refractivity (Wildman–Crippen MR) is 71.4 cm³/mol. The summed E-state index contributed by atoms with van der Waals surface area (Å²) >= 11 is 0. The fourth-order valence-corrected chi connectivity index (χ4v) is 1.94. The van der Waals surface area contributed by atoms with Crippen molar-refractivity contribution in [3.05, 3.63) is 35.4 Å². The minimum absolute atomic E-state index is 0.259. The van der Waals surface area contributed by atoms with Gasteiger partial charge in [0.1, 0.15) is 0 Å². The zero-order chi connectivity index (χ0) is 13.7. The van der Waals surface area contributed by atoms with Gasteiger partial charge < -0.3 is 9.84 Å². The molecule has 3 nitrogen and oxygen atoms in total. The maximum absolute atomic E-state index is 11.3. The number of hydrogen-bond acceptors (Lipinski definition) is 3. The van der Waals surface area contributed by atoms with Gasteiger partial charge in [0, 0.05) is 5.92 Å². The highest BCUT2D eigenvalue weighted by Gasteiger charge is 2.24. The first-order valence-electron chi connectivity index (χ1n) is 6.30. The number of methoxy groups -OCH3 is 1. The number of carbonyl (C=O) groups is 1. The Morgan fingerprint density at radius 3 is 2.22 bits per heavy atom. The molecule has 1 rings (SSSR count). The van der Waals surface area contributed by atoms with E-state index in [1.54, 1.807) is 0 Å². The van der Waals surface area contributed by atoms with Gasteiger partial charge in [-0.15, -0.1) is 0 Å². The van der Waals surface area contributed by atoms with E-state index >= 15 is 0 Å². The number of aliphatic hydroxyl groups excluding tert-OH is 1. The van der Waals surface area contributed by atoms with Crippen molar-refractivity contribution in [3.63, 3.8) is 0 Å². The molecular formula is C15H22O3. The summed E-state index contributed by atoms with van der Waals surface area (Å²) in [5.74, 6) is -0.228. The molecule has 0 bridgehead atoms. The summed E-state index contributed by atoms with van der Waals surface area (Å²) in [6.07, 6.45) is -0.0697. The molecule has 2 unspecified atom stereocenters. The summed E-state index contributed by atoms with van der Waals surface area (Å²) in [7, 11) is 1.28. The third-order valence-corrected chi connectivity index (χ3v) is 3.07. The molecule has 1 N–H and O–H groups in total. The molecular weight excluding hydrogens is 228 g/mol. The summed E-state index contributed by atoms with van der Waals surface area (Å²) < 4.78 is 4.54. The minimum atomic E-state index is -1.11. The quantitative estimate of drug-likeness (QED) is 0.817.